The van der Waals surface area contributed by atoms with Gasteiger partial charge in [-0.3, -0.25) is 0 Å². The van der Waals surface area contributed by atoms with Gasteiger partial charge in [0.15, 0.2) is 0 Å². The number of anilines is 1. The lowest BCUT2D eigenvalue weighted by molar-refractivity contribution is 0.624. The Labute approximate surface area is 115 Å². The summed E-state index contributed by atoms with van der Waals surface area (Å²) in [5.41, 5.74) is 6.73. The fraction of sp³-hybridized carbons (Fsp3) is 0.438. The second kappa shape index (κ2) is 6.02. The van der Waals surface area contributed by atoms with E-state index in [0.717, 1.165) is 24.5 Å². The molecule has 0 saturated carbocycles. The van der Waals surface area contributed by atoms with Crippen LogP contribution in [0.2, 0.25) is 0 Å². The average Bonchev–Trinajstić information content (AvgIpc) is 2.47. The summed E-state index contributed by atoms with van der Waals surface area (Å²) in [4.78, 5) is 7.12. The Morgan fingerprint density at radius 3 is 2.63 bits per heavy atom. The van der Waals surface area contributed by atoms with Crippen LogP contribution < -0.4 is 10.6 Å². The molecule has 2 N–H and O–H groups in total. The highest BCUT2D eigenvalue weighted by Gasteiger charge is 2.16. The van der Waals surface area contributed by atoms with Crippen LogP contribution in [-0.4, -0.2) is 17.6 Å². The van der Waals surface area contributed by atoms with Gasteiger partial charge in [-0.1, -0.05) is 31.2 Å². The van der Waals surface area contributed by atoms with E-state index < -0.39 is 0 Å². The van der Waals surface area contributed by atoms with Crippen LogP contribution in [0.15, 0.2) is 30.3 Å². The second-order valence-corrected chi connectivity index (χ2v) is 4.91. The van der Waals surface area contributed by atoms with Crippen molar-refractivity contribution >= 4 is 16.6 Å². The van der Waals surface area contributed by atoms with Gasteiger partial charge in [0.2, 0.25) is 0 Å². The number of nitrogens with zero attached hydrogens (tertiary/aromatic N) is 2. The molecule has 0 saturated heterocycles. The predicted octanol–water partition coefficient (Wildman–Crippen LogP) is 3.32. The number of rotatable bonds is 5. The first kappa shape index (κ1) is 13.8. The third-order valence-electron chi connectivity index (χ3n) is 3.72. The van der Waals surface area contributed by atoms with Gasteiger partial charge in [-0.05, 0) is 31.7 Å². The minimum absolute atomic E-state index is 0.480. The molecule has 0 aliphatic carbocycles. The molecule has 1 atom stereocenters. The summed E-state index contributed by atoms with van der Waals surface area (Å²) >= 11 is 0. The molecule has 3 heteroatoms. The molecule has 102 valence electrons. The first-order valence-electron chi connectivity index (χ1n) is 7.06. The maximum absolute atomic E-state index is 5.78. The number of fused-ring (bicyclic) bond motifs is 1. The monoisotopic (exact) mass is 257 g/mol. The van der Waals surface area contributed by atoms with Crippen LogP contribution in [0.1, 0.15) is 32.9 Å². The van der Waals surface area contributed by atoms with E-state index in [4.69, 9.17) is 10.7 Å². The standard InChI is InChI=1S/C16H23N3/c1-4-12(3)19(5-2)16-15-9-7-6-8-13(15)10-14(11-17)18-16/h6-10,12H,4-5,11,17H2,1-3H3. The lowest BCUT2D eigenvalue weighted by Gasteiger charge is -2.29. The SMILES string of the molecule is CCC(C)N(CC)c1nc(CN)cc2ccccc12. The maximum atomic E-state index is 5.78. The van der Waals surface area contributed by atoms with E-state index in [0.29, 0.717) is 12.6 Å². The smallest absolute Gasteiger partial charge is 0.137 e. The zero-order valence-electron chi connectivity index (χ0n) is 12.1. The number of nitrogens with two attached hydrogens (primary N) is 1. The first-order chi connectivity index (χ1) is 9.21. The maximum Gasteiger partial charge on any atom is 0.137 e. The van der Waals surface area contributed by atoms with E-state index in [-0.39, 0.29) is 0 Å². The summed E-state index contributed by atoms with van der Waals surface area (Å²) in [6.07, 6.45) is 1.11. The fourth-order valence-corrected chi connectivity index (χ4v) is 2.45. The second-order valence-electron chi connectivity index (χ2n) is 4.91. The molecule has 0 radical (unpaired) electrons. The third-order valence-corrected chi connectivity index (χ3v) is 3.72. The zero-order chi connectivity index (χ0) is 13.8. The van der Waals surface area contributed by atoms with Crippen molar-refractivity contribution in [2.75, 3.05) is 11.4 Å². The summed E-state index contributed by atoms with van der Waals surface area (Å²) < 4.78 is 0. The average molecular weight is 257 g/mol. The van der Waals surface area contributed by atoms with Crippen molar-refractivity contribution in [1.29, 1.82) is 0 Å². The number of benzene rings is 1. The Bertz CT molecular complexity index is 551. The summed E-state index contributed by atoms with van der Waals surface area (Å²) in [6.45, 7) is 8.07. The topological polar surface area (TPSA) is 42.2 Å². The molecule has 2 rings (SSSR count). The van der Waals surface area contributed by atoms with Gasteiger partial charge in [0.1, 0.15) is 5.82 Å². The van der Waals surface area contributed by atoms with Gasteiger partial charge in [0.25, 0.3) is 0 Å². The van der Waals surface area contributed by atoms with Gasteiger partial charge in [-0.15, -0.1) is 0 Å². The Morgan fingerprint density at radius 1 is 1.26 bits per heavy atom. The first-order valence-corrected chi connectivity index (χ1v) is 7.06. The molecule has 3 nitrogen and oxygen atoms in total. The summed E-state index contributed by atoms with van der Waals surface area (Å²) in [7, 11) is 0. The van der Waals surface area contributed by atoms with E-state index >= 15 is 0 Å². The Hall–Kier alpha value is -1.61. The highest BCUT2D eigenvalue weighted by Crippen LogP contribution is 2.27. The van der Waals surface area contributed by atoms with E-state index in [1.165, 1.54) is 10.8 Å². The summed E-state index contributed by atoms with van der Waals surface area (Å²) in [6, 6.07) is 11.0. The minimum atomic E-state index is 0.480. The van der Waals surface area contributed by atoms with E-state index in [1.54, 1.807) is 0 Å². The largest absolute Gasteiger partial charge is 0.354 e. The van der Waals surface area contributed by atoms with Crippen molar-refractivity contribution in [2.24, 2.45) is 5.73 Å². The molecule has 0 bridgehead atoms. The zero-order valence-corrected chi connectivity index (χ0v) is 12.1. The molecular formula is C16H23N3. The van der Waals surface area contributed by atoms with Crippen LogP contribution >= 0.6 is 0 Å². The summed E-state index contributed by atoms with van der Waals surface area (Å²) in [5, 5.41) is 2.43. The lowest BCUT2D eigenvalue weighted by atomic mass is 10.1. The van der Waals surface area contributed by atoms with Crippen molar-refractivity contribution < 1.29 is 0 Å². The van der Waals surface area contributed by atoms with Crippen LogP contribution in [0.4, 0.5) is 5.82 Å². The number of hydrogen-bond acceptors (Lipinski definition) is 3. The highest BCUT2D eigenvalue weighted by molar-refractivity contribution is 5.92. The van der Waals surface area contributed by atoms with Crippen molar-refractivity contribution in [3.05, 3.63) is 36.0 Å². The van der Waals surface area contributed by atoms with Gasteiger partial charge in [-0.2, -0.15) is 0 Å². The van der Waals surface area contributed by atoms with E-state index in [1.807, 2.05) is 0 Å². The number of hydrogen-bond donors (Lipinski definition) is 1. The van der Waals surface area contributed by atoms with E-state index in [9.17, 15) is 0 Å². The van der Waals surface area contributed by atoms with Crippen molar-refractivity contribution in [1.82, 2.24) is 4.98 Å². The molecule has 0 aliphatic heterocycles. The quantitative estimate of drug-likeness (QED) is 0.893. The molecule has 2 aromatic rings. The fourth-order valence-electron chi connectivity index (χ4n) is 2.45. The Morgan fingerprint density at radius 2 is 2.00 bits per heavy atom. The van der Waals surface area contributed by atoms with Crippen LogP contribution in [-0.2, 0) is 6.54 Å². The molecule has 0 aliphatic rings. The molecule has 1 unspecified atom stereocenters. The molecule has 0 spiro atoms. The molecule has 0 amide bonds. The van der Waals surface area contributed by atoms with E-state index in [2.05, 4.69) is 56.0 Å². The van der Waals surface area contributed by atoms with Crippen LogP contribution in [0, 0.1) is 0 Å². The minimum Gasteiger partial charge on any atom is -0.354 e. The normalized spacial score (nSPS) is 12.6. The molecule has 19 heavy (non-hydrogen) atoms. The summed E-state index contributed by atoms with van der Waals surface area (Å²) in [5.74, 6) is 1.07. The van der Waals surface area contributed by atoms with Crippen LogP contribution in [0.5, 0.6) is 0 Å². The van der Waals surface area contributed by atoms with Gasteiger partial charge >= 0.3 is 0 Å². The lowest BCUT2D eigenvalue weighted by Crippen LogP contribution is -2.33. The van der Waals surface area contributed by atoms with Crippen molar-refractivity contribution in [3.63, 3.8) is 0 Å². The van der Waals surface area contributed by atoms with Gasteiger partial charge < -0.3 is 10.6 Å². The highest BCUT2D eigenvalue weighted by atomic mass is 15.2. The molecule has 1 aromatic heterocycles. The van der Waals surface area contributed by atoms with Crippen LogP contribution in [0.25, 0.3) is 10.8 Å². The van der Waals surface area contributed by atoms with Crippen LogP contribution in [0.3, 0.4) is 0 Å². The van der Waals surface area contributed by atoms with Gasteiger partial charge in [0.05, 0.1) is 5.69 Å². The number of aromatic nitrogens is 1. The third kappa shape index (κ3) is 2.71. The van der Waals surface area contributed by atoms with Gasteiger partial charge in [0, 0.05) is 24.5 Å². The van der Waals surface area contributed by atoms with Gasteiger partial charge in [-0.25, -0.2) is 4.98 Å². The Kier molecular flexibility index (Phi) is 4.38. The predicted molar refractivity (Wildman–Crippen MR) is 82.4 cm³/mol. The van der Waals surface area contributed by atoms with Crippen molar-refractivity contribution in [2.45, 2.75) is 39.8 Å². The molecule has 1 heterocycles. The number of pyridine rings is 1. The molecular weight excluding hydrogens is 234 g/mol. The Balaban J connectivity index is 2.62. The van der Waals surface area contributed by atoms with Crippen molar-refractivity contribution in [3.8, 4) is 0 Å². The molecule has 1 aromatic carbocycles. The molecule has 0 fully saturated rings.